The summed E-state index contributed by atoms with van der Waals surface area (Å²) in [6.07, 6.45) is -4.74. The second kappa shape index (κ2) is 8.17. The van der Waals surface area contributed by atoms with E-state index in [1.54, 1.807) is 0 Å². The number of nitrogens with zero attached hydrogens (tertiary/aromatic N) is 1. The van der Waals surface area contributed by atoms with Crippen LogP contribution in [0.25, 0.3) is 0 Å². The van der Waals surface area contributed by atoms with Crippen molar-refractivity contribution in [2.45, 2.75) is 18.6 Å². The highest BCUT2D eigenvalue weighted by atomic mass is 19.4. The summed E-state index contributed by atoms with van der Waals surface area (Å²) >= 11 is 0. The van der Waals surface area contributed by atoms with E-state index in [4.69, 9.17) is 0 Å². The summed E-state index contributed by atoms with van der Waals surface area (Å²) in [6.45, 7) is 0.377. The van der Waals surface area contributed by atoms with Gasteiger partial charge in [-0.1, -0.05) is 6.07 Å². The molecule has 1 atom stereocenters. The fraction of sp³-hybridized carbons (Fsp3) is 0.438. The van der Waals surface area contributed by atoms with Crippen molar-refractivity contribution in [1.82, 2.24) is 10.2 Å². The molecule has 0 aromatic heterocycles. The second-order valence-corrected chi connectivity index (χ2v) is 5.68. The highest BCUT2D eigenvalue weighted by Gasteiger charge is 2.33. The summed E-state index contributed by atoms with van der Waals surface area (Å²) in [7, 11) is 1.19. The molecule has 0 unspecified atom stereocenters. The third kappa shape index (κ3) is 5.19. The molecule has 1 fully saturated rings. The summed E-state index contributed by atoms with van der Waals surface area (Å²) in [5.74, 6) is -1.60. The molecule has 0 aliphatic carbocycles. The largest absolute Gasteiger partial charge is 0.469 e. The van der Waals surface area contributed by atoms with E-state index in [1.807, 2.05) is 0 Å². The van der Waals surface area contributed by atoms with E-state index in [9.17, 15) is 27.6 Å². The van der Waals surface area contributed by atoms with Crippen LogP contribution in [0, 0.1) is 0 Å². The Morgan fingerprint density at radius 1 is 1.38 bits per heavy atom. The molecular formula is C16H18F3N3O4. The van der Waals surface area contributed by atoms with Crippen LogP contribution >= 0.6 is 0 Å². The van der Waals surface area contributed by atoms with Crippen molar-refractivity contribution in [3.8, 4) is 0 Å². The molecule has 7 nitrogen and oxygen atoms in total. The number of benzene rings is 1. The van der Waals surface area contributed by atoms with Gasteiger partial charge in [0.15, 0.2) is 0 Å². The van der Waals surface area contributed by atoms with Crippen LogP contribution in [-0.2, 0) is 25.3 Å². The van der Waals surface area contributed by atoms with Crippen LogP contribution in [0.1, 0.15) is 12.0 Å². The van der Waals surface area contributed by atoms with Crippen molar-refractivity contribution >= 4 is 23.5 Å². The predicted molar refractivity (Wildman–Crippen MR) is 85.1 cm³/mol. The smallest absolute Gasteiger partial charge is 0.416 e. The van der Waals surface area contributed by atoms with E-state index in [2.05, 4.69) is 15.4 Å². The van der Waals surface area contributed by atoms with Gasteiger partial charge in [0.1, 0.15) is 6.04 Å². The molecule has 10 heteroatoms. The number of hydrogen-bond acceptors (Lipinski definition) is 5. The normalized spacial score (nSPS) is 18.2. The molecule has 0 spiro atoms. The van der Waals surface area contributed by atoms with Crippen LogP contribution in [-0.4, -0.2) is 55.5 Å². The predicted octanol–water partition coefficient (Wildman–Crippen LogP) is 1.01. The third-order valence-electron chi connectivity index (χ3n) is 3.85. The summed E-state index contributed by atoms with van der Waals surface area (Å²) in [4.78, 5) is 37.0. The summed E-state index contributed by atoms with van der Waals surface area (Å²) < 4.78 is 42.7. The van der Waals surface area contributed by atoms with E-state index in [-0.39, 0.29) is 18.7 Å². The number of piperazine rings is 1. The first kappa shape index (κ1) is 19.7. The number of esters is 1. The van der Waals surface area contributed by atoms with E-state index >= 15 is 0 Å². The van der Waals surface area contributed by atoms with Crippen LogP contribution in [0.4, 0.5) is 18.9 Å². The van der Waals surface area contributed by atoms with E-state index in [0.29, 0.717) is 13.1 Å². The van der Waals surface area contributed by atoms with Gasteiger partial charge in [0.2, 0.25) is 11.8 Å². The van der Waals surface area contributed by atoms with Crippen molar-refractivity contribution in [2.75, 3.05) is 32.1 Å². The van der Waals surface area contributed by atoms with Gasteiger partial charge in [-0.15, -0.1) is 0 Å². The third-order valence-corrected chi connectivity index (χ3v) is 3.85. The van der Waals surface area contributed by atoms with Gasteiger partial charge in [0.25, 0.3) is 0 Å². The topological polar surface area (TPSA) is 87.7 Å². The minimum Gasteiger partial charge on any atom is -0.469 e. The average Bonchev–Trinajstić information content (AvgIpc) is 2.57. The van der Waals surface area contributed by atoms with Crippen molar-refractivity contribution in [1.29, 1.82) is 0 Å². The fourth-order valence-electron chi connectivity index (χ4n) is 2.57. The molecule has 1 heterocycles. The Bertz CT molecular complexity index is 694. The number of amides is 2. The number of alkyl halides is 3. The number of carbonyl (C=O) groups is 3. The molecule has 2 rings (SSSR count). The maximum Gasteiger partial charge on any atom is 0.416 e. The second-order valence-electron chi connectivity index (χ2n) is 5.68. The van der Waals surface area contributed by atoms with Crippen LogP contribution in [0.2, 0.25) is 0 Å². The van der Waals surface area contributed by atoms with Crippen molar-refractivity contribution in [3.05, 3.63) is 29.8 Å². The van der Waals surface area contributed by atoms with E-state index in [1.165, 1.54) is 24.1 Å². The first-order chi connectivity index (χ1) is 12.2. The lowest BCUT2D eigenvalue weighted by atomic mass is 10.1. The molecule has 1 aromatic carbocycles. The zero-order valence-corrected chi connectivity index (χ0v) is 13.9. The molecule has 0 radical (unpaired) electrons. The number of hydrogen-bond donors (Lipinski definition) is 2. The van der Waals surface area contributed by atoms with Gasteiger partial charge in [-0.3, -0.25) is 19.3 Å². The lowest BCUT2D eigenvalue weighted by Crippen LogP contribution is -2.57. The lowest BCUT2D eigenvalue weighted by Gasteiger charge is -2.33. The number of ether oxygens (including phenoxy) is 1. The highest BCUT2D eigenvalue weighted by Crippen LogP contribution is 2.30. The molecule has 1 aliphatic heterocycles. The fourth-order valence-corrected chi connectivity index (χ4v) is 2.57. The first-order valence-corrected chi connectivity index (χ1v) is 7.76. The van der Waals surface area contributed by atoms with Crippen molar-refractivity contribution in [2.24, 2.45) is 0 Å². The van der Waals surface area contributed by atoms with Crippen molar-refractivity contribution in [3.63, 3.8) is 0 Å². The van der Waals surface area contributed by atoms with Crippen LogP contribution in [0.15, 0.2) is 24.3 Å². The van der Waals surface area contributed by atoms with Gasteiger partial charge in [0, 0.05) is 18.8 Å². The molecule has 2 amide bonds. The molecule has 26 heavy (non-hydrogen) atoms. The SMILES string of the molecule is COC(=O)C[C@@H]1C(=O)NCCN1CC(=O)Nc1cccc(C(F)(F)F)c1. The van der Waals surface area contributed by atoms with E-state index < -0.39 is 35.6 Å². The average molecular weight is 373 g/mol. The molecule has 2 N–H and O–H groups in total. The molecule has 142 valence electrons. The standard InChI is InChI=1S/C16H18F3N3O4/c1-26-14(24)8-12-15(25)20-5-6-22(12)9-13(23)21-11-4-2-3-10(7-11)16(17,18)19/h2-4,7,12H,5-6,8-9H2,1H3,(H,20,25)(H,21,23)/t12-/m1/s1. The molecular weight excluding hydrogens is 355 g/mol. The maximum atomic E-state index is 12.7. The summed E-state index contributed by atoms with van der Waals surface area (Å²) in [6, 6.07) is 3.38. The molecule has 1 saturated heterocycles. The maximum absolute atomic E-state index is 12.7. The Morgan fingerprint density at radius 2 is 2.12 bits per heavy atom. The minimum atomic E-state index is -4.52. The first-order valence-electron chi connectivity index (χ1n) is 7.76. The Hall–Kier alpha value is -2.62. The van der Waals surface area contributed by atoms with Gasteiger partial charge in [-0.25, -0.2) is 0 Å². The number of anilines is 1. The monoisotopic (exact) mass is 373 g/mol. The van der Waals surface area contributed by atoms with Crippen LogP contribution in [0.5, 0.6) is 0 Å². The highest BCUT2D eigenvalue weighted by molar-refractivity contribution is 5.93. The van der Waals surface area contributed by atoms with Gasteiger partial charge in [-0.2, -0.15) is 13.2 Å². The summed E-state index contributed by atoms with van der Waals surface area (Å²) in [5.41, 5.74) is -0.882. The Labute approximate surface area is 147 Å². The summed E-state index contributed by atoms with van der Waals surface area (Å²) in [5, 5.41) is 4.97. The minimum absolute atomic E-state index is 0.00389. The number of nitrogens with one attached hydrogen (secondary N) is 2. The quantitative estimate of drug-likeness (QED) is 0.752. The van der Waals surface area contributed by atoms with Gasteiger partial charge < -0.3 is 15.4 Å². The Balaban J connectivity index is 2.03. The zero-order chi connectivity index (χ0) is 19.3. The number of rotatable bonds is 5. The lowest BCUT2D eigenvalue weighted by molar-refractivity contribution is -0.146. The number of methoxy groups -OCH3 is 1. The Morgan fingerprint density at radius 3 is 2.77 bits per heavy atom. The molecule has 1 aromatic rings. The molecule has 1 aliphatic rings. The van der Waals surface area contributed by atoms with Gasteiger partial charge >= 0.3 is 12.1 Å². The molecule has 0 bridgehead atoms. The Kier molecular flexibility index (Phi) is 6.19. The van der Waals surface area contributed by atoms with E-state index in [0.717, 1.165) is 12.1 Å². The van der Waals surface area contributed by atoms with Gasteiger partial charge in [0.05, 0.1) is 25.6 Å². The number of halogens is 3. The van der Waals surface area contributed by atoms with Crippen molar-refractivity contribution < 1.29 is 32.3 Å². The number of carbonyl (C=O) groups excluding carboxylic acids is 3. The molecule has 0 saturated carbocycles. The van der Waals surface area contributed by atoms with Gasteiger partial charge in [-0.05, 0) is 18.2 Å². The zero-order valence-electron chi connectivity index (χ0n) is 13.9. The van der Waals surface area contributed by atoms with Crippen LogP contribution < -0.4 is 10.6 Å². The van der Waals surface area contributed by atoms with Crippen LogP contribution in [0.3, 0.4) is 0 Å².